The smallest absolute Gasteiger partial charge is 0.352 e. The standard InChI is InChI=1S/C25H21FN4O3/c1-11(2)20-21(14-4-3-5-17-15(14)10-19(29-17)24(27)31)23(25(32)33)30-22(20)16-8-12(26)9-18-13(16)6-7-28-18/h3-11,28-30H,1-2H3,(H2,27,31)(H,32,33). The van der Waals surface area contributed by atoms with E-state index in [-0.39, 0.29) is 17.3 Å². The number of rotatable bonds is 5. The van der Waals surface area contributed by atoms with Gasteiger partial charge in [-0.25, -0.2) is 9.18 Å². The number of halogens is 1. The molecule has 0 radical (unpaired) electrons. The number of benzene rings is 2. The fourth-order valence-corrected chi connectivity index (χ4v) is 4.59. The number of carboxylic acids is 1. The van der Waals surface area contributed by atoms with E-state index in [4.69, 9.17) is 5.73 Å². The van der Waals surface area contributed by atoms with E-state index in [0.29, 0.717) is 38.8 Å². The van der Waals surface area contributed by atoms with Crippen molar-refractivity contribution in [2.75, 3.05) is 0 Å². The Balaban J connectivity index is 1.89. The highest BCUT2D eigenvalue weighted by Crippen LogP contribution is 2.44. The predicted octanol–water partition coefficient (Wildman–Crippen LogP) is 5.37. The summed E-state index contributed by atoms with van der Waals surface area (Å²) < 4.78 is 14.5. The highest BCUT2D eigenvalue weighted by atomic mass is 19.1. The van der Waals surface area contributed by atoms with E-state index in [1.807, 2.05) is 26.0 Å². The average Bonchev–Trinajstić information content (AvgIpc) is 3.48. The number of carboxylic acid groups (broad SMARTS) is 1. The van der Waals surface area contributed by atoms with Crippen molar-refractivity contribution in [1.29, 1.82) is 0 Å². The summed E-state index contributed by atoms with van der Waals surface area (Å²) in [6, 6.07) is 11.7. The van der Waals surface area contributed by atoms with Gasteiger partial charge in [0.1, 0.15) is 17.2 Å². The van der Waals surface area contributed by atoms with Crippen molar-refractivity contribution in [2.45, 2.75) is 19.8 Å². The van der Waals surface area contributed by atoms with Gasteiger partial charge in [0.15, 0.2) is 0 Å². The zero-order valence-corrected chi connectivity index (χ0v) is 17.9. The quantitative estimate of drug-likeness (QED) is 0.250. The van der Waals surface area contributed by atoms with Gasteiger partial charge in [0.25, 0.3) is 5.91 Å². The number of aromatic amines is 3. The minimum Gasteiger partial charge on any atom is -0.477 e. The van der Waals surface area contributed by atoms with E-state index in [9.17, 15) is 19.1 Å². The molecule has 0 spiro atoms. The monoisotopic (exact) mass is 444 g/mol. The molecule has 0 aliphatic carbocycles. The van der Waals surface area contributed by atoms with Crippen LogP contribution in [0.25, 0.3) is 44.2 Å². The molecule has 33 heavy (non-hydrogen) atoms. The van der Waals surface area contributed by atoms with Gasteiger partial charge in [0.2, 0.25) is 0 Å². The third-order valence-corrected chi connectivity index (χ3v) is 5.93. The summed E-state index contributed by atoms with van der Waals surface area (Å²) in [5, 5.41) is 11.5. The van der Waals surface area contributed by atoms with E-state index >= 15 is 0 Å². The zero-order chi connectivity index (χ0) is 23.4. The Kier molecular flexibility index (Phi) is 4.59. The van der Waals surface area contributed by atoms with Crippen LogP contribution in [0.1, 0.15) is 46.3 Å². The second-order valence-corrected chi connectivity index (χ2v) is 8.33. The Morgan fingerprint density at radius 1 is 1.00 bits per heavy atom. The van der Waals surface area contributed by atoms with Gasteiger partial charge in [-0.15, -0.1) is 0 Å². The van der Waals surface area contributed by atoms with Crippen molar-refractivity contribution >= 4 is 33.7 Å². The lowest BCUT2D eigenvalue weighted by atomic mass is 9.89. The van der Waals surface area contributed by atoms with E-state index in [0.717, 1.165) is 10.9 Å². The Hall–Kier alpha value is -4.33. The molecule has 1 amide bonds. The molecule has 0 saturated carbocycles. The minimum atomic E-state index is -1.14. The van der Waals surface area contributed by atoms with Crippen LogP contribution in [0.15, 0.2) is 48.7 Å². The number of carbonyl (C=O) groups is 2. The average molecular weight is 444 g/mol. The van der Waals surface area contributed by atoms with Crippen LogP contribution in [0.2, 0.25) is 0 Å². The number of hydrogen-bond donors (Lipinski definition) is 5. The van der Waals surface area contributed by atoms with Gasteiger partial charge in [0.05, 0.1) is 5.69 Å². The van der Waals surface area contributed by atoms with Gasteiger partial charge in [0, 0.05) is 39.1 Å². The molecule has 8 heteroatoms. The molecule has 3 heterocycles. The summed E-state index contributed by atoms with van der Waals surface area (Å²) in [5.41, 5.74) is 9.96. The summed E-state index contributed by atoms with van der Waals surface area (Å²) in [6.45, 7) is 3.92. The number of carbonyl (C=O) groups excluding carboxylic acids is 1. The molecule has 0 aliphatic heterocycles. The lowest BCUT2D eigenvalue weighted by molar-refractivity contribution is 0.0692. The normalized spacial score (nSPS) is 11.6. The van der Waals surface area contributed by atoms with E-state index in [2.05, 4.69) is 15.0 Å². The Bertz CT molecular complexity index is 1570. The van der Waals surface area contributed by atoms with E-state index in [1.165, 1.54) is 12.1 Å². The van der Waals surface area contributed by atoms with Crippen LogP contribution in [0.4, 0.5) is 4.39 Å². The van der Waals surface area contributed by atoms with Gasteiger partial charge < -0.3 is 25.8 Å². The SMILES string of the molecule is CC(C)c1c(-c2cc(F)cc3[nH]ccc23)[nH]c(C(=O)O)c1-c1cccc2[nH]c(C(N)=O)cc12. The molecule has 7 nitrogen and oxygen atoms in total. The van der Waals surface area contributed by atoms with Crippen LogP contribution in [-0.4, -0.2) is 31.9 Å². The van der Waals surface area contributed by atoms with Crippen molar-refractivity contribution in [2.24, 2.45) is 5.73 Å². The number of H-pyrrole nitrogens is 3. The van der Waals surface area contributed by atoms with Crippen molar-refractivity contribution in [1.82, 2.24) is 15.0 Å². The number of aromatic nitrogens is 3. The molecule has 5 aromatic rings. The fourth-order valence-electron chi connectivity index (χ4n) is 4.59. The highest BCUT2D eigenvalue weighted by molar-refractivity contribution is 6.08. The number of nitrogens with one attached hydrogen (secondary N) is 3. The van der Waals surface area contributed by atoms with Gasteiger partial charge in [-0.05, 0) is 47.4 Å². The maximum Gasteiger partial charge on any atom is 0.352 e. The topological polar surface area (TPSA) is 128 Å². The Labute approximate surface area is 187 Å². The molecule has 6 N–H and O–H groups in total. The number of nitrogens with two attached hydrogens (primary N) is 1. The molecule has 0 aliphatic rings. The third kappa shape index (κ3) is 3.18. The third-order valence-electron chi connectivity index (χ3n) is 5.93. The minimum absolute atomic E-state index is 0.00373. The molecular formula is C25H21FN4O3. The summed E-state index contributed by atoms with van der Waals surface area (Å²) in [6.07, 6.45) is 1.72. The second-order valence-electron chi connectivity index (χ2n) is 8.33. The molecule has 3 aromatic heterocycles. The first-order chi connectivity index (χ1) is 15.8. The van der Waals surface area contributed by atoms with E-state index in [1.54, 1.807) is 24.4 Å². The summed E-state index contributed by atoms with van der Waals surface area (Å²) in [5.74, 6) is -2.27. The van der Waals surface area contributed by atoms with Crippen molar-refractivity contribution < 1.29 is 19.1 Å². The molecule has 0 unspecified atom stereocenters. The molecule has 0 saturated heterocycles. The molecule has 166 valence electrons. The number of aromatic carboxylic acids is 1. The van der Waals surface area contributed by atoms with Crippen LogP contribution < -0.4 is 5.73 Å². The van der Waals surface area contributed by atoms with E-state index < -0.39 is 17.7 Å². The van der Waals surface area contributed by atoms with Crippen LogP contribution >= 0.6 is 0 Å². The largest absolute Gasteiger partial charge is 0.477 e. The van der Waals surface area contributed by atoms with Gasteiger partial charge in [-0.1, -0.05) is 26.0 Å². The van der Waals surface area contributed by atoms with Gasteiger partial charge in [-0.2, -0.15) is 0 Å². The number of hydrogen-bond acceptors (Lipinski definition) is 2. The first-order valence-corrected chi connectivity index (χ1v) is 10.4. The summed E-state index contributed by atoms with van der Waals surface area (Å²) in [4.78, 5) is 33.2. The number of amides is 1. The van der Waals surface area contributed by atoms with Crippen LogP contribution in [0, 0.1) is 5.82 Å². The predicted molar refractivity (Wildman–Crippen MR) is 125 cm³/mol. The molecule has 0 atom stereocenters. The molecule has 0 bridgehead atoms. The number of fused-ring (bicyclic) bond motifs is 2. The van der Waals surface area contributed by atoms with Crippen LogP contribution in [-0.2, 0) is 0 Å². The zero-order valence-electron chi connectivity index (χ0n) is 17.9. The van der Waals surface area contributed by atoms with Crippen molar-refractivity contribution in [3.8, 4) is 22.4 Å². The molecule has 5 rings (SSSR count). The molecule has 0 fully saturated rings. The Morgan fingerprint density at radius 2 is 1.79 bits per heavy atom. The van der Waals surface area contributed by atoms with Crippen LogP contribution in [0.3, 0.4) is 0 Å². The first kappa shape index (κ1) is 20.6. The maximum absolute atomic E-state index is 14.5. The second kappa shape index (κ2) is 7.37. The first-order valence-electron chi connectivity index (χ1n) is 10.4. The lowest BCUT2D eigenvalue weighted by Crippen LogP contribution is -2.10. The van der Waals surface area contributed by atoms with Crippen molar-refractivity contribution in [3.63, 3.8) is 0 Å². The van der Waals surface area contributed by atoms with Crippen molar-refractivity contribution in [3.05, 3.63) is 71.4 Å². The highest BCUT2D eigenvalue weighted by Gasteiger charge is 2.28. The Morgan fingerprint density at radius 3 is 2.48 bits per heavy atom. The summed E-state index contributed by atoms with van der Waals surface area (Å²) in [7, 11) is 0. The fraction of sp³-hybridized carbons (Fsp3) is 0.120. The molecular weight excluding hydrogens is 423 g/mol. The number of primary amides is 1. The van der Waals surface area contributed by atoms with Crippen LogP contribution in [0.5, 0.6) is 0 Å². The lowest BCUT2D eigenvalue weighted by Gasteiger charge is -2.13. The molecule has 2 aromatic carbocycles. The summed E-state index contributed by atoms with van der Waals surface area (Å²) >= 11 is 0. The maximum atomic E-state index is 14.5. The van der Waals surface area contributed by atoms with Gasteiger partial charge >= 0.3 is 5.97 Å². The van der Waals surface area contributed by atoms with Gasteiger partial charge in [-0.3, -0.25) is 4.79 Å².